The minimum absolute atomic E-state index is 0.0595. The molecule has 0 radical (unpaired) electrons. The molecule has 1 aromatic rings. The van der Waals surface area contributed by atoms with Gasteiger partial charge < -0.3 is 15.3 Å². The molecule has 2 N–H and O–H groups in total. The van der Waals surface area contributed by atoms with Crippen LogP contribution in [0.15, 0.2) is 12.1 Å². The van der Waals surface area contributed by atoms with Crippen LogP contribution < -0.4 is 5.43 Å². The van der Waals surface area contributed by atoms with E-state index in [0.29, 0.717) is 32.4 Å². The Balaban J connectivity index is 2.34. The molecule has 0 saturated carbocycles. The molecule has 1 aliphatic heterocycles. The Bertz CT molecular complexity index is 545. The van der Waals surface area contributed by atoms with E-state index in [4.69, 9.17) is 9.84 Å². The number of carbonyl (C=O) groups is 1. The fourth-order valence-corrected chi connectivity index (χ4v) is 1.81. The van der Waals surface area contributed by atoms with Gasteiger partial charge in [0.15, 0.2) is 0 Å². The highest BCUT2D eigenvalue weighted by Crippen LogP contribution is 2.28. The molecule has 9 heteroatoms. The number of hydrazine groups is 1. The molecule has 0 aromatic heterocycles. The van der Waals surface area contributed by atoms with E-state index in [1.165, 1.54) is 0 Å². The number of halogens is 1. The summed E-state index contributed by atoms with van der Waals surface area (Å²) in [4.78, 5) is 21.0. The van der Waals surface area contributed by atoms with Crippen LogP contribution in [0.4, 0.5) is 15.8 Å². The molecule has 0 amide bonds. The van der Waals surface area contributed by atoms with Gasteiger partial charge in [-0.25, -0.2) is 14.2 Å². The van der Waals surface area contributed by atoms with Crippen LogP contribution in [-0.2, 0) is 4.74 Å². The highest BCUT2D eigenvalue weighted by Gasteiger charge is 2.23. The first-order valence-corrected chi connectivity index (χ1v) is 5.79. The number of anilines is 1. The molecule has 1 aliphatic rings. The minimum Gasteiger partial charge on any atom is -0.478 e. The van der Waals surface area contributed by atoms with Gasteiger partial charge in [-0.1, -0.05) is 0 Å². The number of ether oxygens (including phenoxy) is 1. The van der Waals surface area contributed by atoms with Crippen molar-refractivity contribution in [2.45, 2.75) is 0 Å². The second-order valence-corrected chi connectivity index (χ2v) is 4.12. The van der Waals surface area contributed by atoms with Crippen LogP contribution in [0.2, 0.25) is 0 Å². The normalized spacial score (nSPS) is 15.8. The highest BCUT2D eigenvalue weighted by atomic mass is 19.1. The van der Waals surface area contributed by atoms with E-state index in [9.17, 15) is 19.3 Å². The standard InChI is InChI=1S/C11H12FN3O5/c12-8-6-10(15(18)19)9(5-7(8)11(16)17)13-14-1-3-20-4-2-14/h5-6,13H,1-4H2,(H,16,17). The highest BCUT2D eigenvalue weighted by molar-refractivity contribution is 5.90. The van der Waals surface area contributed by atoms with Gasteiger partial charge in [0, 0.05) is 13.1 Å². The molecule has 2 rings (SSSR count). The van der Waals surface area contributed by atoms with E-state index in [1.807, 2.05) is 0 Å². The number of carboxylic acid groups (broad SMARTS) is 1. The van der Waals surface area contributed by atoms with Crippen molar-refractivity contribution in [3.05, 3.63) is 33.6 Å². The topological polar surface area (TPSA) is 105 Å². The average molecular weight is 285 g/mol. The molecule has 0 spiro atoms. The molecule has 0 bridgehead atoms. The number of aromatic carboxylic acids is 1. The summed E-state index contributed by atoms with van der Waals surface area (Å²) < 4.78 is 18.6. The number of nitrogens with one attached hydrogen (secondary N) is 1. The van der Waals surface area contributed by atoms with Crippen LogP contribution in [0.25, 0.3) is 0 Å². The molecule has 0 atom stereocenters. The van der Waals surface area contributed by atoms with E-state index < -0.39 is 28.0 Å². The maximum Gasteiger partial charge on any atom is 0.338 e. The third-order valence-electron chi connectivity index (χ3n) is 2.80. The molecule has 0 unspecified atom stereocenters. The summed E-state index contributed by atoms with van der Waals surface area (Å²) in [6, 6.07) is 1.53. The fraction of sp³-hybridized carbons (Fsp3) is 0.364. The molecule has 1 heterocycles. The van der Waals surface area contributed by atoms with Gasteiger partial charge in [-0.3, -0.25) is 10.1 Å². The molecule has 1 fully saturated rings. The van der Waals surface area contributed by atoms with Crippen LogP contribution in [0.5, 0.6) is 0 Å². The lowest BCUT2D eigenvalue weighted by Gasteiger charge is -2.27. The first-order valence-electron chi connectivity index (χ1n) is 5.79. The maximum absolute atomic E-state index is 13.5. The lowest BCUT2D eigenvalue weighted by atomic mass is 10.1. The third-order valence-corrected chi connectivity index (χ3v) is 2.80. The molecule has 1 saturated heterocycles. The zero-order valence-corrected chi connectivity index (χ0v) is 10.3. The Kier molecular flexibility index (Phi) is 4.11. The summed E-state index contributed by atoms with van der Waals surface area (Å²) in [6.07, 6.45) is 0. The smallest absolute Gasteiger partial charge is 0.338 e. The van der Waals surface area contributed by atoms with E-state index in [0.717, 1.165) is 6.07 Å². The second kappa shape index (κ2) is 5.80. The predicted molar refractivity (Wildman–Crippen MR) is 66.0 cm³/mol. The third kappa shape index (κ3) is 3.00. The minimum atomic E-state index is -1.48. The number of rotatable bonds is 4. The van der Waals surface area contributed by atoms with Gasteiger partial charge >= 0.3 is 5.97 Å². The molecule has 1 aromatic carbocycles. The molecular formula is C11H12FN3O5. The van der Waals surface area contributed by atoms with Crippen molar-refractivity contribution in [2.24, 2.45) is 0 Å². The summed E-state index contributed by atoms with van der Waals surface area (Å²) in [7, 11) is 0. The number of nitro benzene ring substituents is 1. The second-order valence-electron chi connectivity index (χ2n) is 4.12. The Morgan fingerprint density at radius 2 is 2.10 bits per heavy atom. The predicted octanol–water partition coefficient (Wildman–Crippen LogP) is 1.09. The summed E-state index contributed by atoms with van der Waals surface area (Å²) in [5, 5.41) is 21.4. The summed E-state index contributed by atoms with van der Waals surface area (Å²) >= 11 is 0. The van der Waals surface area contributed by atoms with Gasteiger partial charge in [-0.05, 0) is 6.07 Å². The van der Waals surface area contributed by atoms with Crippen molar-refractivity contribution in [1.29, 1.82) is 0 Å². The number of nitrogens with zero attached hydrogens (tertiary/aromatic N) is 2. The quantitative estimate of drug-likeness (QED) is 0.630. The lowest BCUT2D eigenvalue weighted by molar-refractivity contribution is -0.384. The summed E-state index contributed by atoms with van der Waals surface area (Å²) in [5.74, 6) is -2.63. The zero-order chi connectivity index (χ0) is 14.7. The van der Waals surface area contributed by atoms with Crippen LogP contribution in [0.3, 0.4) is 0 Å². The van der Waals surface area contributed by atoms with Crippen molar-refractivity contribution in [3.63, 3.8) is 0 Å². The molecular weight excluding hydrogens is 273 g/mol. The Morgan fingerprint density at radius 1 is 1.45 bits per heavy atom. The Hall–Kier alpha value is -2.26. The number of carboxylic acids is 1. The summed E-state index contributed by atoms with van der Waals surface area (Å²) in [6.45, 7) is 1.87. The number of nitro groups is 1. The van der Waals surface area contributed by atoms with Gasteiger partial charge in [0.1, 0.15) is 11.5 Å². The number of hydrogen-bond acceptors (Lipinski definition) is 6. The van der Waals surface area contributed by atoms with Crippen LogP contribution in [-0.4, -0.2) is 47.3 Å². The van der Waals surface area contributed by atoms with E-state index >= 15 is 0 Å². The Labute approximate surface area is 112 Å². The monoisotopic (exact) mass is 285 g/mol. The van der Waals surface area contributed by atoms with Crippen LogP contribution in [0.1, 0.15) is 10.4 Å². The van der Waals surface area contributed by atoms with Crippen LogP contribution in [0, 0.1) is 15.9 Å². The first-order chi connectivity index (χ1) is 9.49. The van der Waals surface area contributed by atoms with Crippen molar-refractivity contribution >= 4 is 17.3 Å². The van der Waals surface area contributed by atoms with Gasteiger partial charge in [0.05, 0.1) is 29.8 Å². The van der Waals surface area contributed by atoms with Gasteiger partial charge in [0.25, 0.3) is 5.69 Å². The number of morpholine rings is 1. The molecule has 0 aliphatic carbocycles. The molecule has 20 heavy (non-hydrogen) atoms. The fourth-order valence-electron chi connectivity index (χ4n) is 1.81. The van der Waals surface area contributed by atoms with Gasteiger partial charge in [0.2, 0.25) is 0 Å². The van der Waals surface area contributed by atoms with Crippen molar-refractivity contribution in [2.75, 3.05) is 31.7 Å². The largest absolute Gasteiger partial charge is 0.478 e. The van der Waals surface area contributed by atoms with Crippen molar-refractivity contribution in [3.8, 4) is 0 Å². The first kappa shape index (κ1) is 14.2. The molecule has 8 nitrogen and oxygen atoms in total. The number of hydrogen-bond donors (Lipinski definition) is 2. The van der Waals surface area contributed by atoms with Gasteiger partial charge in [-0.2, -0.15) is 0 Å². The lowest BCUT2D eigenvalue weighted by Crippen LogP contribution is -2.40. The zero-order valence-electron chi connectivity index (χ0n) is 10.3. The van der Waals surface area contributed by atoms with Crippen LogP contribution >= 0.6 is 0 Å². The number of benzene rings is 1. The SMILES string of the molecule is O=C(O)c1cc(NN2CCOCC2)c([N+](=O)[O-])cc1F. The Morgan fingerprint density at radius 3 is 2.65 bits per heavy atom. The van der Waals surface area contributed by atoms with E-state index in [-0.39, 0.29) is 5.69 Å². The van der Waals surface area contributed by atoms with Crippen molar-refractivity contribution < 1.29 is 24.0 Å². The van der Waals surface area contributed by atoms with E-state index in [1.54, 1.807) is 5.01 Å². The molecule has 108 valence electrons. The van der Waals surface area contributed by atoms with E-state index in [2.05, 4.69) is 5.43 Å². The van der Waals surface area contributed by atoms with Gasteiger partial charge in [-0.15, -0.1) is 0 Å². The average Bonchev–Trinajstić information content (AvgIpc) is 2.41. The summed E-state index contributed by atoms with van der Waals surface area (Å²) in [5.41, 5.74) is 1.54. The van der Waals surface area contributed by atoms with Crippen molar-refractivity contribution in [1.82, 2.24) is 5.01 Å². The maximum atomic E-state index is 13.5.